The molecule has 20 heavy (non-hydrogen) atoms. The van der Waals surface area contributed by atoms with E-state index < -0.39 is 18.1 Å². The van der Waals surface area contributed by atoms with Crippen molar-refractivity contribution in [3.63, 3.8) is 0 Å². The molecule has 6 nitrogen and oxygen atoms in total. The standard InChI is InChI=1S/C13H25N3O3S/c1-4-5-10(8-17)16-12(18)9(2)15-13(19)11(14)6-7-20-3/h8-11H,4-7,14H2,1-3H3,(H,15,19)(H,16,18)/t9-,10-,11-/m0/s1. The Morgan fingerprint density at radius 2 is 1.90 bits per heavy atom. The van der Waals surface area contributed by atoms with Crippen LogP contribution in [-0.2, 0) is 14.4 Å². The van der Waals surface area contributed by atoms with Crippen LogP contribution in [0.25, 0.3) is 0 Å². The van der Waals surface area contributed by atoms with Crippen molar-refractivity contribution in [3.05, 3.63) is 0 Å². The van der Waals surface area contributed by atoms with Crippen LogP contribution >= 0.6 is 11.8 Å². The molecule has 0 radical (unpaired) electrons. The fraction of sp³-hybridized carbons (Fsp3) is 0.769. The summed E-state index contributed by atoms with van der Waals surface area (Å²) in [5.41, 5.74) is 5.71. The van der Waals surface area contributed by atoms with E-state index >= 15 is 0 Å². The van der Waals surface area contributed by atoms with Crippen LogP contribution in [0, 0.1) is 0 Å². The fourth-order valence-corrected chi connectivity index (χ4v) is 2.04. The molecule has 116 valence electrons. The zero-order chi connectivity index (χ0) is 15.5. The highest BCUT2D eigenvalue weighted by atomic mass is 32.2. The molecule has 0 bridgehead atoms. The summed E-state index contributed by atoms with van der Waals surface area (Å²) in [5.74, 6) is 0.0691. The van der Waals surface area contributed by atoms with Crippen LogP contribution in [0.5, 0.6) is 0 Å². The Balaban J connectivity index is 4.23. The summed E-state index contributed by atoms with van der Waals surface area (Å²) in [4.78, 5) is 34.4. The first kappa shape index (κ1) is 18.9. The van der Waals surface area contributed by atoms with E-state index in [2.05, 4.69) is 10.6 Å². The summed E-state index contributed by atoms with van der Waals surface area (Å²) in [7, 11) is 0. The number of hydrogen-bond donors (Lipinski definition) is 3. The zero-order valence-electron chi connectivity index (χ0n) is 12.3. The second kappa shape index (κ2) is 10.7. The van der Waals surface area contributed by atoms with Crippen molar-refractivity contribution in [3.8, 4) is 0 Å². The van der Waals surface area contributed by atoms with Crippen molar-refractivity contribution in [1.82, 2.24) is 10.6 Å². The van der Waals surface area contributed by atoms with Gasteiger partial charge in [-0.1, -0.05) is 13.3 Å². The lowest BCUT2D eigenvalue weighted by molar-refractivity contribution is -0.130. The summed E-state index contributed by atoms with van der Waals surface area (Å²) in [6.07, 6.45) is 4.59. The van der Waals surface area contributed by atoms with E-state index in [9.17, 15) is 14.4 Å². The number of amides is 2. The lowest BCUT2D eigenvalue weighted by Gasteiger charge is -2.19. The van der Waals surface area contributed by atoms with Gasteiger partial charge in [-0.2, -0.15) is 11.8 Å². The van der Waals surface area contributed by atoms with Gasteiger partial charge in [0.2, 0.25) is 11.8 Å². The third kappa shape index (κ3) is 7.49. The molecule has 7 heteroatoms. The van der Waals surface area contributed by atoms with Gasteiger partial charge in [0.25, 0.3) is 0 Å². The van der Waals surface area contributed by atoms with Crippen molar-refractivity contribution in [2.75, 3.05) is 12.0 Å². The fourth-order valence-electron chi connectivity index (χ4n) is 1.55. The number of nitrogens with two attached hydrogens (primary N) is 1. The Morgan fingerprint density at radius 3 is 2.40 bits per heavy atom. The Labute approximate surface area is 124 Å². The van der Waals surface area contributed by atoms with Gasteiger partial charge in [-0.3, -0.25) is 9.59 Å². The molecule has 0 heterocycles. The quantitative estimate of drug-likeness (QED) is 0.495. The SMILES string of the molecule is CCC[C@@H](C=O)NC(=O)[C@H](C)NC(=O)[C@@H](N)CCSC. The van der Waals surface area contributed by atoms with E-state index in [0.29, 0.717) is 19.1 Å². The summed E-state index contributed by atoms with van der Waals surface area (Å²) in [6, 6.07) is -1.82. The molecule has 0 aliphatic carbocycles. The molecule has 0 aromatic rings. The third-order valence-electron chi connectivity index (χ3n) is 2.81. The highest BCUT2D eigenvalue weighted by Crippen LogP contribution is 1.99. The summed E-state index contributed by atoms with van der Waals surface area (Å²) in [6.45, 7) is 3.50. The first-order chi connectivity index (χ1) is 9.46. The number of rotatable bonds is 10. The summed E-state index contributed by atoms with van der Waals surface area (Å²) < 4.78 is 0. The number of hydrogen-bond acceptors (Lipinski definition) is 5. The van der Waals surface area contributed by atoms with Gasteiger partial charge in [0, 0.05) is 0 Å². The largest absolute Gasteiger partial charge is 0.345 e. The molecule has 0 aliphatic heterocycles. The molecule has 3 atom stereocenters. The topological polar surface area (TPSA) is 101 Å². The van der Waals surface area contributed by atoms with Crippen LogP contribution in [-0.4, -0.2) is 48.2 Å². The lowest BCUT2D eigenvalue weighted by Crippen LogP contribution is -2.52. The number of aldehydes is 1. The molecule has 0 aliphatic rings. The smallest absolute Gasteiger partial charge is 0.242 e. The Kier molecular flexibility index (Phi) is 10.1. The predicted molar refractivity (Wildman–Crippen MR) is 81.5 cm³/mol. The maximum atomic E-state index is 11.8. The molecular formula is C13H25N3O3S. The Bertz CT molecular complexity index is 326. The average molecular weight is 303 g/mol. The van der Waals surface area contributed by atoms with Gasteiger partial charge < -0.3 is 21.2 Å². The van der Waals surface area contributed by atoms with E-state index in [1.54, 1.807) is 18.7 Å². The average Bonchev–Trinajstić information content (AvgIpc) is 2.43. The van der Waals surface area contributed by atoms with E-state index in [1.807, 2.05) is 13.2 Å². The van der Waals surface area contributed by atoms with Crippen molar-refractivity contribution >= 4 is 29.9 Å². The van der Waals surface area contributed by atoms with Crippen LogP contribution < -0.4 is 16.4 Å². The highest BCUT2D eigenvalue weighted by molar-refractivity contribution is 7.98. The van der Waals surface area contributed by atoms with Gasteiger partial charge in [0.1, 0.15) is 12.3 Å². The predicted octanol–water partition coefficient (Wildman–Crippen LogP) is 0.0553. The van der Waals surface area contributed by atoms with E-state index in [0.717, 1.165) is 12.2 Å². The summed E-state index contributed by atoms with van der Waals surface area (Å²) in [5, 5.41) is 5.15. The van der Waals surface area contributed by atoms with Gasteiger partial charge in [-0.15, -0.1) is 0 Å². The highest BCUT2D eigenvalue weighted by Gasteiger charge is 2.21. The van der Waals surface area contributed by atoms with Gasteiger partial charge in [-0.25, -0.2) is 0 Å². The van der Waals surface area contributed by atoms with Gasteiger partial charge in [0.05, 0.1) is 12.1 Å². The van der Waals surface area contributed by atoms with Crippen LogP contribution in [0.2, 0.25) is 0 Å². The molecule has 0 aromatic heterocycles. The van der Waals surface area contributed by atoms with Crippen molar-refractivity contribution < 1.29 is 14.4 Å². The molecule has 4 N–H and O–H groups in total. The number of thioether (sulfide) groups is 1. The minimum absolute atomic E-state index is 0.347. The van der Waals surface area contributed by atoms with E-state index in [4.69, 9.17) is 5.73 Å². The van der Waals surface area contributed by atoms with E-state index in [1.165, 1.54) is 0 Å². The molecular weight excluding hydrogens is 278 g/mol. The third-order valence-corrected chi connectivity index (χ3v) is 3.46. The minimum atomic E-state index is -0.706. The van der Waals surface area contributed by atoms with Crippen LogP contribution in [0.4, 0.5) is 0 Å². The van der Waals surface area contributed by atoms with Gasteiger partial charge >= 0.3 is 0 Å². The zero-order valence-corrected chi connectivity index (χ0v) is 13.2. The molecule has 0 rings (SSSR count). The van der Waals surface area contributed by atoms with Gasteiger partial charge in [-0.05, 0) is 31.8 Å². The molecule has 0 aromatic carbocycles. The number of carbonyl (C=O) groups excluding carboxylic acids is 3. The first-order valence-corrected chi connectivity index (χ1v) is 8.16. The second-order valence-corrected chi connectivity index (χ2v) is 5.64. The van der Waals surface area contributed by atoms with Crippen molar-refractivity contribution in [2.45, 2.75) is 51.2 Å². The molecule has 0 saturated heterocycles. The normalized spacial score (nSPS) is 15.0. The molecule has 2 amide bonds. The van der Waals surface area contributed by atoms with Crippen LogP contribution in [0.3, 0.4) is 0 Å². The van der Waals surface area contributed by atoms with Crippen molar-refractivity contribution in [1.29, 1.82) is 0 Å². The number of nitrogens with one attached hydrogen (secondary N) is 2. The second-order valence-electron chi connectivity index (χ2n) is 4.66. The lowest BCUT2D eigenvalue weighted by atomic mass is 10.1. The molecule has 0 saturated carbocycles. The first-order valence-electron chi connectivity index (χ1n) is 6.76. The Hall–Kier alpha value is -1.08. The van der Waals surface area contributed by atoms with Gasteiger partial charge in [0.15, 0.2) is 0 Å². The van der Waals surface area contributed by atoms with Crippen molar-refractivity contribution in [2.24, 2.45) is 5.73 Å². The number of carbonyl (C=O) groups is 3. The Morgan fingerprint density at radius 1 is 1.25 bits per heavy atom. The molecule has 0 unspecified atom stereocenters. The molecule has 0 fully saturated rings. The maximum absolute atomic E-state index is 11.8. The minimum Gasteiger partial charge on any atom is -0.345 e. The molecule has 0 spiro atoms. The summed E-state index contributed by atoms with van der Waals surface area (Å²) >= 11 is 1.61. The van der Waals surface area contributed by atoms with Crippen LogP contribution in [0.1, 0.15) is 33.1 Å². The van der Waals surface area contributed by atoms with E-state index in [-0.39, 0.29) is 11.8 Å². The monoisotopic (exact) mass is 303 g/mol. The maximum Gasteiger partial charge on any atom is 0.242 e. The van der Waals surface area contributed by atoms with Crippen LogP contribution in [0.15, 0.2) is 0 Å².